The molecule has 0 radical (unpaired) electrons. The van der Waals surface area contributed by atoms with Gasteiger partial charge in [-0.15, -0.1) is 11.3 Å². The number of halogens is 2. The second kappa shape index (κ2) is 8.61. The van der Waals surface area contributed by atoms with Crippen LogP contribution in [0.5, 0.6) is 0 Å². The van der Waals surface area contributed by atoms with Crippen LogP contribution in [-0.2, 0) is 25.1 Å². The van der Waals surface area contributed by atoms with E-state index >= 15 is 0 Å². The van der Waals surface area contributed by atoms with E-state index in [0.717, 1.165) is 17.0 Å². The number of benzene rings is 1. The zero-order chi connectivity index (χ0) is 22.0. The van der Waals surface area contributed by atoms with Crippen molar-refractivity contribution in [1.29, 1.82) is 0 Å². The Morgan fingerprint density at radius 2 is 2.00 bits per heavy atom. The molecule has 3 heterocycles. The molecule has 0 saturated carbocycles. The van der Waals surface area contributed by atoms with Gasteiger partial charge in [0.05, 0.1) is 24.8 Å². The van der Waals surface area contributed by atoms with Crippen LogP contribution in [0.25, 0.3) is 10.2 Å². The highest BCUT2D eigenvalue weighted by Gasteiger charge is 2.34. The van der Waals surface area contributed by atoms with Crippen LogP contribution < -0.4 is 5.56 Å². The molecule has 1 aromatic carbocycles. The Kier molecular flexibility index (Phi) is 5.90. The average molecular weight is 447 g/mol. The number of hydrogen-bond donors (Lipinski definition) is 2. The smallest absolute Gasteiger partial charge is 0.262 e. The van der Waals surface area contributed by atoms with E-state index in [1.54, 1.807) is 6.07 Å². The van der Waals surface area contributed by atoms with Gasteiger partial charge in [-0.25, -0.2) is 23.4 Å². The van der Waals surface area contributed by atoms with Crippen molar-refractivity contribution in [1.82, 2.24) is 24.3 Å². The molecular weight excluding hydrogens is 428 g/mol. The molecule has 0 fully saturated rings. The molecule has 4 rings (SSSR count). The van der Waals surface area contributed by atoms with Crippen molar-refractivity contribution in [3.05, 3.63) is 75.7 Å². The Hall–Kier alpha value is -3.02. The maximum absolute atomic E-state index is 14.6. The highest BCUT2D eigenvalue weighted by Crippen LogP contribution is 2.29. The summed E-state index contributed by atoms with van der Waals surface area (Å²) in [5.74, 6) is -1.72. The molecular formula is C20H19F2N5O3S. The fraction of sp³-hybridized carbons (Fsp3) is 0.300. The zero-order valence-electron chi connectivity index (χ0n) is 16.3. The molecule has 1 atom stereocenters. The molecule has 0 aliphatic carbocycles. The standard InChI is InChI=1S/C20H19F2N5O3S/c21-13-3-4-16(17(22)6-13)20(30,9-27-11-23-10-25-27)8-26-12-24-18-15(19(26)29)7-14(31-18)2-1-5-28/h3-4,6-7,10-12,28,30H,1-2,5,8-9H2. The first kappa shape index (κ1) is 21.2. The van der Waals surface area contributed by atoms with Crippen molar-refractivity contribution in [3.8, 4) is 0 Å². The Labute approximate surface area is 179 Å². The summed E-state index contributed by atoms with van der Waals surface area (Å²) in [5.41, 5.74) is -2.50. The molecule has 0 saturated heterocycles. The topological polar surface area (TPSA) is 106 Å². The van der Waals surface area contributed by atoms with Gasteiger partial charge >= 0.3 is 0 Å². The number of aromatic nitrogens is 5. The van der Waals surface area contributed by atoms with Crippen LogP contribution in [0.1, 0.15) is 16.9 Å². The highest BCUT2D eigenvalue weighted by atomic mass is 32.1. The summed E-state index contributed by atoms with van der Waals surface area (Å²) >= 11 is 1.36. The molecule has 8 nitrogen and oxygen atoms in total. The van der Waals surface area contributed by atoms with Crippen molar-refractivity contribution in [2.75, 3.05) is 6.61 Å². The van der Waals surface area contributed by atoms with E-state index in [9.17, 15) is 18.7 Å². The summed E-state index contributed by atoms with van der Waals surface area (Å²) in [7, 11) is 0. The summed E-state index contributed by atoms with van der Waals surface area (Å²) in [6.45, 7) is -0.505. The summed E-state index contributed by atoms with van der Waals surface area (Å²) < 4.78 is 30.5. The summed E-state index contributed by atoms with van der Waals surface area (Å²) in [4.78, 5) is 22.6. The Morgan fingerprint density at radius 1 is 1.16 bits per heavy atom. The van der Waals surface area contributed by atoms with Crippen molar-refractivity contribution in [2.45, 2.75) is 31.5 Å². The predicted molar refractivity (Wildman–Crippen MR) is 110 cm³/mol. The van der Waals surface area contributed by atoms with E-state index in [2.05, 4.69) is 15.1 Å². The van der Waals surface area contributed by atoms with Gasteiger partial charge in [0.1, 0.15) is 34.7 Å². The Balaban J connectivity index is 1.75. The monoisotopic (exact) mass is 447 g/mol. The van der Waals surface area contributed by atoms with Crippen LogP contribution in [0, 0.1) is 11.6 Å². The number of fused-ring (bicyclic) bond motifs is 1. The van der Waals surface area contributed by atoms with Crippen molar-refractivity contribution in [3.63, 3.8) is 0 Å². The van der Waals surface area contributed by atoms with E-state index in [4.69, 9.17) is 5.11 Å². The Morgan fingerprint density at radius 3 is 2.71 bits per heavy atom. The maximum Gasteiger partial charge on any atom is 0.262 e. The normalized spacial score (nSPS) is 13.5. The average Bonchev–Trinajstić information content (AvgIpc) is 3.38. The number of aliphatic hydroxyl groups is 2. The first-order chi connectivity index (χ1) is 14.9. The van der Waals surface area contributed by atoms with E-state index < -0.39 is 22.8 Å². The number of aryl methyl sites for hydroxylation is 1. The van der Waals surface area contributed by atoms with E-state index in [1.165, 1.54) is 39.6 Å². The minimum Gasteiger partial charge on any atom is -0.396 e. The molecule has 3 aromatic heterocycles. The highest BCUT2D eigenvalue weighted by molar-refractivity contribution is 7.18. The molecule has 0 spiro atoms. The summed E-state index contributed by atoms with van der Waals surface area (Å²) in [5, 5.41) is 24.8. The molecule has 162 valence electrons. The van der Waals surface area contributed by atoms with E-state index in [0.29, 0.717) is 29.1 Å². The van der Waals surface area contributed by atoms with Crippen molar-refractivity contribution >= 4 is 21.6 Å². The fourth-order valence-electron chi connectivity index (χ4n) is 3.45. The first-order valence-electron chi connectivity index (χ1n) is 9.49. The molecule has 2 N–H and O–H groups in total. The lowest BCUT2D eigenvalue weighted by atomic mass is 9.92. The predicted octanol–water partition coefficient (Wildman–Crippen LogP) is 1.84. The number of aliphatic hydroxyl groups excluding tert-OH is 1. The van der Waals surface area contributed by atoms with Gasteiger partial charge in [0.25, 0.3) is 5.56 Å². The lowest BCUT2D eigenvalue weighted by Gasteiger charge is -2.29. The third kappa shape index (κ3) is 4.38. The number of rotatable bonds is 8. The molecule has 0 aliphatic heterocycles. The molecule has 31 heavy (non-hydrogen) atoms. The van der Waals surface area contributed by atoms with Crippen LogP contribution in [0.3, 0.4) is 0 Å². The third-order valence-electron chi connectivity index (χ3n) is 4.90. The molecule has 1 unspecified atom stereocenters. The van der Waals surface area contributed by atoms with Crippen LogP contribution >= 0.6 is 11.3 Å². The van der Waals surface area contributed by atoms with Crippen molar-refractivity contribution < 1.29 is 19.0 Å². The first-order valence-corrected chi connectivity index (χ1v) is 10.3. The maximum atomic E-state index is 14.6. The molecule has 4 aromatic rings. The lowest BCUT2D eigenvalue weighted by molar-refractivity contribution is -0.00640. The second-order valence-electron chi connectivity index (χ2n) is 7.19. The number of thiophene rings is 1. The van der Waals surface area contributed by atoms with E-state index in [-0.39, 0.29) is 25.3 Å². The quantitative estimate of drug-likeness (QED) is 0.427. The van der Waals surface area contributed by atoms with Crippen LogP contribution in [0.4, 0.5) is 8.78 Å². The third-order valence-corrected chi connectivity index (χ3v) is 6.01. The largest absolute Gasteiger partial charge is 0.396 e. The van der Waals surface area contributed by atoms with Gasteiger partial charge in [-0.05, 0) is 25.0 Å². The van der Waals surface area contributed by atoms with E-state index in [1.807, 2.05) is 0 Å². The molecule has 0 bridgehead atoms. The lowest BCUT2D eigenvalue weighted by Crippen LogP contribution is -2.40. The number of hydrogen-bond acceptors (Lipinski definition) is 7. The van der Waals surface area contributed by atoms with Gasteiger partial charge in [0.15, 0.2) is 0 Å². The zero-order valence-corrected chi connectivity index (χ0v) is 17.1. The molecule has 0 aliphatic rings. The SMILES string of the molecule is O=c1c2cc(CCCO)sc2ncn1CC(O)(Cn1cncn1)c1ccc(F)cc1F. The summed E-state index contributed by atoms with van der Waals surface area (Å²) in [6.07, 6.45) is 5.10. The summed E-state index contributed by atoms with van der Waals surface area (Å²) in [6, 6.07) is 4.59. The van der Waals surface area contributed by atoms with Gasteiger partial charge in [-0.3, -0.25) is 9.36 Å². The van der Waals surface area contributed by atoms with Crippen molar-refractivity contribution in [2.24, 2.45) is 0 Å². The van der Waals surface area contributed by atoms with Crippen LogP contribution in [-0.4, -0.2) is 41.1 Å². The molecule has 11 heteroatoms. The van der Waals surface area contributed by atoms with Crippen LogP contribution in [0.15, 0.2) is 48.0 Å². The Bertz CT molecular complexity index is 1260. The minimum absolute atomic E-state index is 0.0461. The molecule has 0 amide bonds. The second-order valence-corrected chi connectivity index (χ2v) is 8.30. The number of nitrogens with zero attached hydrogens (tertiary/aromatic N) is 5. The van der Waals surface area contributed by atoms with Gasteiger partial charge in [0.2, 0.25) is 0 Å². The van der Waals surface area contributed by atoms with Gasteiger partial charge in [0, 0.05) is 23.1 Å². The van der Waals surface area contributed by atoms with Gasteiger partial charge in [-0.1, -0.05) is 6.07 Å². The minimum atomic E-state index is -1.93. The fourth-order valence-corrected chi connectivity index (χ4v) is 4.48. The van der Waals surface area contributed by atoms with Gasteiger partial charge in [-0.2, -0.15) is 5.10 Å². The van der Waals surface area contributed by atoms with Crippen LogP contribution in [0.2, 0.25) is 0 Å². The van der Waals surface area contributed by atoms with Gasteiger partial charge < -0.3 is 10.2 Å².